The van der Waals surface area contributed by atoms with Crippen molar-refractivity contribution in [1.29, 1.82) is 0 Å². The van der Waals surface area contributed by atoms with Crippen molar-refractivity contribution >= 4 is 5.91 Å². The van der Waals surface area contributed by atoms with E-state index in [2.05, 4.69) is 10.6 Å². The van der Waals surface area contributed by atoms with Gasteiger partial charge in [0, 0.05) is 32.1 Å². The minimum absolute atomic E-state index is 0.112. The van der Waals surface area contributed by atoms with E-state index < -0.39 is 11.6 Å². The van der Waals surface area contributed by atoms with Gasteiger partial charge in [0.25, 0.3) is 0 Å². The molecule has 0 fully saturated rings. The second kappa shape index (κ2) is 6.17. The van der Waals surface area contributed by atoms with Crippen molar-refractivity contribution in [2.45, 2.75) is 13.5 Å². The molecule has 0 saturated heterocycles. The Bertz CT molecular complexity index is 369. The van der Waals surface area contributed by atoms with E-state index in [1.54, 1.807) is 0 Å². The van der Waals surface area contributed by atoms with Crippen molar-refractivity contribution in [2.75, 3.05) is 13.1 Å². The molecule has 0 atom stereocenters. The van der Waals surface area contributed by atoms with Crippen molar-refractivity contribution in [3.05, 3.63) is 35.4 Å². The van der Waals surface area contributed by atoms with Crippen molar-refractivity contribution < 1.29 is 13.6 Å². The highest BCUT2D eigenvalue weighted by atomic mass is 19.2. The van der Waals surface area contributed by atoms with Crippen molar-refractivity contribution in [3.63, 3.8) is 0 Å². The van der Waals surface area contributed by atoms with Gasteiger partial charge in [-0.3, -0.25) is 4.79 Å². The van der Waals surface area contributed by atoms with Gasteiger partial charge in [-0.1, -0.05) is 12.1 Å². The number of carbonyl (C=O) groups excluding carboxylic acids is 1. The molecule has 0 bridgehead atoms. The second-order valence-corrected chi connectivity index (χ2v) is 3.37. The Labute approximate surface area is 92.8 Å². The maximum absolute atomic E-state index is 13.2. The standard InChI is InChI=1S/C11H14F2N2O/c1-8(16)15-6-5-14-7-9-3-2-4-10(12)11(9)13/h2-4,14H,5-7H2,1H3,(H,15,16). The van der Waals surface area contributed by atoms with Crippen LogP contribution in [0.2, 0.25) is 0 Å². The van der Waals surface area contributed by atoms with Crippen LogP contribution < -0.4 is 10.6 Å². The monoisotopic (exact) mass is 228 g/mol. The molecule has 16 heavy (non-hydrogen) atoms. The predicted molar refractivity (Wildman–Crippen MR) is 56.7 cm³/mol. The van der Waals surface area contributed by atoms with Gasteiger partial charge in [0.05, 0.1) is 0 Å². The van der Waals surface area contributed by atoms with Gasteiger partial charge >= 0.3 is 0 Å². The molecule has 1 rings (SSSR count). The lowest BCUT2D eigenvalue weighted by molar-refractivity contribution is -0.118. The average Bonchev–Trinajstić information content (AvgIpc) is 2.23. The van der Waals surface area contributed by atoms with Gasteiger partial charge in [-0.15, -0.1) is 0 Å². The fourth-order valence-corrected chi connectivity index (χ4v) is 1.23. The lowest BCUT2D eigenvalue weighted by Gasteiger charge is -2.06. The number of amides is 1. The second-order valence-electron chi connectivity index (χ2n) is 3.37. The summed E-state index contributed by atoms with van der Waals surface area (Å²) in [6.45, 7) is 2.64. The van der Waals surface area contributed by atoms with Crippen LogP contribution >= 0.6 is 0 Å². The van der Waals surface area contributed by atoms with Crippen LogP contribution in [0.3, 0.4) is 0 Å². The third-order valence-electron chi connectivity index (χ3n) is 2.02. The Morgan fingerprint density at radius 1 is 1.31 bits per heavy atom. The largest absolute Gasteiger partial charge is 0.355 e. The number of halogens is 2. The van der Waals surface area contributed by atoms with Crippen molar-refractivity contribution in [1.82, 2.24) is 10.6 Å². The van der Waals surface area contributed by atoms with Crippen LogP contribution in [-0.2, 0) is 11.3 Å². The van der Waals surface area contributed by atoms with E-state index in [4.69, 9.17) is 0 Å². The number of hydrogen-bond donors (Lipinski definition) is 2. The van der Waals surface area contributed by atoms with E-state index in [0.29, 0.717) is 13.1 Å². The summed E-state index contributed by atoms with van der Waals surface area (Å²) in [6.07, 6.45) is 0. The first-order valence-electron chi connectivity index (χ1n) is 4.99. The van der Waals surface area contributed by atoms with Crippen molar-refractivity contribution in [2.24, 2.45) is 0 Å². The molecule has 1 aromatic carbocycles. The molecule has 1 aromatic rings. The zero-order chi connectivity index (χ0) is 12.0. The molecule has 3 nitrogen and oxygen atoms in total. The molecule has 0 saturated carbocycles. The molecule has 5 heteroatoms. The third kappa shape index (κ3) is 3.94. The molecule has 0 aliphatic rings. The predicted octanol–water partition coefficient (Wildman–Crippen LogP) is 1.19. The van der Waals surface area contributed by atoms with Crippen molar-refractivity contribution in [3.8, 4) is 0 Å². The average molecular weight is 228 g/mol. The number of rotatable bonds is 5. The molecule has 0 aromatic heterocycles. The smallest absolute Gasteiger partial charge is 0.216 e. The molecule has 0 aliphatic heterocycles. The third-order valence-corrected chi connectivity index (χ3v) is 2.02. The first-order valence-corrected chi connectivity index (χ1v) is 4.99. The van der Waals surface area contributed by atoms with E-state index in [1.165, 1.54) is 19.1 Å². The van der Waals surface area contributed by atoms with Gasteiger partial charge in [0.15, 0.2) is 11.6 Å². The Kier molecular flexibility index (Phi) is 4.85. The molecule has 0 heterocycles. The molecule has 2 N–H and O–H groups in total. The molecule has 0 radical (unpaired) electrons. The summed E-state index contributed by atoms with van der Waals surface area (Å²) in [5.41, 5.74) is 0.280. The molecule has 1 amide bonds. The highest BCUT2D eigenvalue weighted by molar-refractivity contribution is 5.72. The summed E-state index contributed by atoms with van der Waals surface area (Å²) < 4.78 is 26.0. The highest BCUT2D eigenvalue weighted by Crippen LogP contribution is 2.10. The summed E-state index contributed by atoms with van der Waals surface area (Å²) in [4.78, 5) is 10.5. The maximum Gasteiger partial charge on any atom is 0.216 e. The minimum atomic E-state index is -0.846. The fraction of sp³-hybridized carbons (Fsp3) is 0.364. The molecule has 0 aliphatic carbocycles. The number of carbonyl (C=O) groups is 1. The quantitative estimate of drug-likeness (QED) is 0.743. The van der Waals surface area contributed by atoms with E-state index in [9.17, 15) is 13.6 Å². The Morgan fingerprint density at radius 3 is 2.75 bits per heavy atom. The van der Waals surface area contributed by atoms with E-state index in [1.807, 2.05) is 0 Å². The normalized spacial score (nSPS) is 10.2. The molecular formula is C11H14F2N2O. The SMILES string of the molecule is CC(=O)NCCNCc1cccc(F)c1F. The van der Waals surface area contributed by atoms with Gasteiger partial charge in [-0.25, -0.2) is 8.78 Å². The molecular weight excluding hydrogens is 214 g/mol. The van der Waals surface area contributed by atoms with Gasteiger partial charge in [-0.05, 0) is 6.07 Å². The maximum atomic E-state index is 13.2. The van der Waals surface area contributed by atoms with Crippen LogP contribution in [0.1, 0.15) is 12.5 Å². The van der Waals surface area contributed by atoms with E-state index >= 15 is 0 Å². The molecule has 0 spiro atoms. The number of nitrogens with one attached hydrogen (secondary N) is 2. The Hall–Kier alpha value is -1.49. The lowest BCUT2D eigenvalue weighted by atomic mass is 10.2. The summed E-state index contributed by atoms with van der Waals surface area (Å²) in [7, 11) is 0. The summed E-state index contributed by atoms with van der Waals surface area (Å²) >= 11 is 0. The zero-order valence-corrected chi connectivity index (χ0v) is 9.02. The van der Waals surface area contributed by atoms with Gasteiger partial charge in [-0.2, -0.15) is 0 Å². The summed E-state index contributed by atoms with van der Waals surface area (Å²) in [6, 6.07) is 4.06. The van der Waals surface area contributed by atoms with Crippen LogP contribution in [0, 0.1) is 11.6 Å². The Morgan fingerprint density at radius 2 is 2.06 bits per heavy atom. The lowest BCUT2D eigenvalue weighted by Crippen LogP contribution is -2.30. The van der Waals surface area contributed by atoms with Crippen LogP contribution in [0.15, 0.2) is 18.2 Å². The topological polar surface area (TPSA) is 41.1 Å². The molecule has 0 unspecified atom stereocenters. The zero-order valence-electron chi connectivity index (χ0n) is 9.02. The summed E-state index contributed by atoms with van der Waals surface area (Å²) in [5.74, 6) is -1.78. The first-order chi connectivity index (χ1) is 7.61. The van der Waals surface area contributed by atoms with Crippen LogP contribution in [0.4, 0.5) is 8.78 Å². The number of benzene rings is 1. The first kappa shape index (κ1) is 12.6. The van der Waals surface area contributed by atoms with Crippen LogP contribution in [0.5, 0.6) is 0 Å². The minimum Gasteiger partial charge on any atom is -0.355 e. The highest BCUT2D eigenvalue weighted by Gasteiger charge is 2.06. The van der Waals surface area contributed by atoms with Crippen LogP contribution in [0.25, 0.3) is 0 Å². The summed E-state index contributed by atoms with van der Waals surface area (Å²) in [5, 5.41) is 5.49. The Balaban J connectivity index is 2.32. The van der Waals surface area contributed by atoms with Crippen LogP contribution in [-0.4, -0.2) is 19.0 Å². The fourth-order valence-electron chi connectivity index (χ4n) is 1.23. The van der Waals surface area contributed by atoms with E-state index in [-0.39, 0.29) is 18.0 Å². The molecule has 88 valence electrons. The number of hydrogen-bond acceptors (Lipinski definition) is 2. The van der Waals surface area contributed by atoms with Gasteiger partial charge in [0.2, 0.25) is 5.91 Å². The van der Waals surface area contributed by atoms with Gasteiger partial charge < -0.3 is 10.6 Å². The van der Waals surface area contributed by atoms with Gasteiger partial charge in [0.1, 0.15) is 0 Å². The van der Waals surface area contributed by atoms with E-state index in [0.717, 1.165) is 6.07 Å².